The molecule has 1 amide bonds. The number of ether oxygens (including phenoxy) is 4. The van der Waals surface area contributed by atoms with Gasteiger partial charge in [-0.2, -0.15) is 0 Å². The molecule has 1 atom stereocenters. The number of benzene rings is 2. The number of para-hydroxylation sites is 2. The van der Waals surface area contributed by atoms with Crippen molar-refractivity contribution in [3.63, 3.8) is 0 Å². The lowest BCUT2D eigenvalue weighted by Gasteiger charge is -2.15. The molecule has 0 radical (unpaired) electrons. The van der Waals surface area contributed by atoms with Crippen molar-refractivity contribution in [2.45, 2.75) is 19.6 Å². The van der Waals surface area contributed by atoms with E-state index in [0.717, 1.165) is 5.56 Å². The average molecular weight is 359 g/mol. The third-order valence-corrected chi connectivity index (χ3v) is 3.79. The fraction of sp³-hybridized carbons (Fsp3) is 0.350. The highest BCUT2D eigenvalue weighted by Crippen LogP contribution is 2.28. The van der Waals surface area contributed by atoms with Crippen LogP contribution in [0.4, 0.5) is 0 Å². The molecule has 0 saturated carbocycles. The van der Waals surface area contributed by atoms with Gasteiger partial charge in [-0.05, 0) is 37.3 Å². The van der Waals surface area contributed by atoms with Crippen molar-refractivity contribution in [1.82, 2.24) is 5.32 Å². The Morgan fingerprint density at radius 3 is 2.35 bits per heavy atom. The Balaban J connectivity index is 2.15. The highest BCUT2D eigenvalue weighted by atomic mass is 16.5. The standard InChI is InChI=1S/C20H25NO5/c1-14(12-23-2)21-20(22)15-9-10-17(24-3)16(11-15)13-26-19-8-6-5-7-18(19)25-4/h5-11,14H,12-13H2,1-4H3,(H,21,22)/t14-/m0/s1. The van der Waals surface area contributed by atoms with E-state index >= 15 is 0 Å². The third-order valence-electron chi connectivity index (χ3n) is 3.79. The normalized spacial score (nSPS) is 11.5. The zero-order chi connectivity index (χ0) is 18.9. The van der Waals surface area contributed by atoms with Crippen molar-refractivity contribution in [3.05, 3.63) is 53.6 Å². The molecule has 2 aromatic carbocycles. The molecular weight excluding hydrogens is 334 g/mol. The Morgan fingerprint density at radius 2 is 1.69 bits per heavy atom. The molecule has 1 N–H and O–H groups in total. The fourth-order valence-electron chi connectivity index (χ4n) is 2.52. The van der Waals surface area contributed by atoms with E-state index in [9.17, 15) is 4.79 Å². The van der Waals surface area contributed by atoms with E-state index in [0.29, 0.717) is 29.4 Å². The summed E-state index contributed by atoms with van der Waals surface area (Å²) in [6.45, 7) is 2.58. The van der Waals surface area contributed by atoms with E-state index in [2.05, 4.69) is 5.32 Å². The van der Waals surface area contributed by atoms with Crippen LogP contribution < -0.4 is 19.5 Å². The molecule has 0 heterocycles. The predicted octanol–water partition coefficient (Wildman–Crippen LogP) is 3.05. The molecule has 2 aromatic rings. The van der Waals surface area contributed by atoms with Crippen LogP contribution in [0.3, 0.4) is 0 Å². The largest absolute Gasteiger partial charge is 0.496 e. The Hall–Kier alpha value is -2.73. The summed E-state index contributed by atoms with van der Waals surface area (Å²) in [5.74, 6) is 1.76. The van der Waals surface area contributed by atoms with Crippen molar-refractivity contribution in [1.29, 1.82) is 0 Å². The summed E-state index contributed by atoms with van der Waals surface area (Å²) in [4.78, 5) is 12.4. The molecular formula is C20H25NO5. The van der Waals surface area contributed by atoms with Gasteiger partial charge in [-0.3, -0.25) is 4.79 Å². The second-order valence-electron chi connectivity index (χ2n) is 5.80. The molecule has 0 spiro atoms. The first-order valence-corrected chi connectivity index (χ1v) is 8.31. The SMILES string of the molecule is COC[C@H](C)NC(=O)c1ccc(OC)c(COc2ccccc2OC)c1. The van der Waals surface area contributed by atoms with E-state index in [1.165, 1.54) is 0 Å². The van der Waals surface area contributed by atoms with Crippen LogP contribution in [-0.2, 0) is 11.3 Å². The molecule has 0 unspecified atom stereocenters. The maximum atomic E-state index is 12.4. The summed E-state index contributed by atoms with van der Waals surface area (Å²) >= 11 is 0. The fourth-order valence-corrected chi connectivity index (χ4v) is 2.52. The first-order valence-electron chi connectivity index (χ1n) is 8.31. The second-order valence-corrected chi connectivity index (χ2v) is 5.80. The van der Waals surface area contributed by atoms with Crippen LogP contribution in [0.2, 0.25) is 0 Å². The number of carbonyl (C=O) groups excluding carboxylic acids is 1. The Morgan fingerprint density at radius 1 is 1.00 bits per heavy atom. The number of amides is 1. The smallest absolute Gasteiger partial charge is 0.251 e. The van der Waals surface area contributed by atoms with Crippen LogP contribution in [0.5, 0.6) is 17.2 Å². The van der Waals surface area contributed by atoms with Crippen LogP contribution in [0.25, 0.3) is 0 Å². The Bertz CT molecular complexity index is 732. The van der Waals surface area contributed by atoms with Gasteiger partial charge >= 0.3 is 0 Å². The van der Waals surface area contributed by atoms with Gasteiger partial charge in [0.2, 0.25) is 0 Å². The van der Waals surface area contributed by atoms with Crippen LogP contribution in [-0.4, -0.2) is 39.9 Å². The maximum Gasteiger partial charge on any atom is 0.251 e. The first kappa shape index (κ1) is 19.6. The first-order chi connectivity index (χ1) is 12.6. The van der Waals surface area contributed by atoms with Gasteiger partial charge in [0.25, 0.3) is 5.91 Å². The highest BCUT2D eigenvalue weighted by Gasteiger charge is 2.14. The molecule has 0 fully saturated rings. The Labute approximate surface area is 154 Å². The minimum absolute atomic E-state index is 0.0807. The van der Waals surface area contributed by atoms with Crippen LogP contribution in [0.15, 0.2) is 42.5 Å². The molecule has 6 heteroatoms. The lowest BCUT2D eigenvalue weighted by atomic mass is 10.1. The number of hydrogen-bond acceptors (Lipinski definition) is 5. The van der Waals surface area contributed by atoms with E-state index in [4.69, 9.17) is 18.9 Å². The summed E-state index contributed by atoms with van der Waals surface area (Å²) in [6.07, 6.45) is 0. The molecule has 2 rings (SSSR count). The minimum Gasteiger partial charge on any atom is -0.496 e. The van der Waals surface area contributed by atoms with Crippen molar-refractivity contribution in [2.75, 3.05) is 27.9 Å². The number of methoxy groups -OCH3 is 3. The molecule has 6 nitrogen and oxygen atoms in total. The molecule has 0 saturated heterocycles. The Kier molecular flexibility index (Phi) is 7.29. The van der Waals surface area contributed by atoms with E-state index in [1.807, 2.05) is 31.2 Å². The topological polar surface area (TPSA) is 66.0 Å². The monoisotopic (exact) mass is 359 g/mol. The van der Waals surface area contributed by atoms with Crippen molar-refractivity contribution < 1.29 is 23.7 Å². The van der Waals surface area contributed by atoms with Crippen molar-refractivity contribution >= 4 is 5.91 Å². The summed E-state index contributed by atoms with van der Waals surface area (Å²) in [5, 5.41) is 2.89. The summed E-state index contributed by atoms with van der Waals surface area (Å²) in [7, 11) is 4.78. The zero-order valence-corrected chi connectivity index (χ0v) is 15.6. The van der Waals surface area contributed by atoms with Crippen molar-refractivity contribution in [2.24, 2.45) is 0 Å². The summed E-state index contributed by atoms with van der Waals surface area (Å²) < 4.78 is 21.6. The molecule has 0 bridgehead atoms. The third kappa shape index (κ3) is 5.13. The zero-order valence-electron chi connectivity index (χ0n) is 15.6. The number of rotatable bonds is 9. The molecule has 0 aliphatic heterocycles. The second kappa shape index (κ2) is 9.68. The van der Waals surface area contributed by atoms with Gasteiger partial charge in [-0.15, -0.1) is 0 Å². The molecule has 0 aliphatic rings. The van der Waals surface area contributed by atoms with Crippen LogP contribution in [0, 0.1) is 0 Å². The predicted molar refractivity (Wildman–Crippen MR) is 99.1 cm³/mol. The van der Waals surface area contributed by atoms with Gasteiger partial charge < -0.3 is 24.3 Å². The summed E-state index contributed by atoms with van der Waals surface area (Å²) in [5.41, 5.74) is 1.30. The van der Waals surface area contributed by atoms with E-state index < -0.39 is 0 Å². The van der Waals surface area contributed by atoms with Gasteiger partial charge in [-0.25, -0.2) is 0 Å². The van der Waals surface area contributed by atoms with E-state index in [1.54, 1.807) is 39.5 Å². The minimum atomic E-state index is -0.171. The van der Waals surface area contributed by atoms with E-state index in [-0.39, 0.29) is 18.6 Å². The van der Waals surface area contributed by atoms with Gasteiger partial charge in [0.05, 0.1) is 20.8 Å². The summed E-state index contributed by atoms with van der Waals surface area (Å²) in [6, 6.07) is 12.6. The van der Waals surface area contributed by atoms with Gasteiger partial charge in [0.15, 0.2) is 11.5 Å². The van der Waals surface area contributed by atoms with Crippen LogP contribution in [0.1, 0.15) is 22.8 Å². The molecule has 0 aromatic heterocycles. The average Bonchev–Trinajstić information content (AvgIpc) is 2.66. The maximum absolute atomic E-state index is 12.4. The molecule has 140 valence electrons. The highest BCUT2D eigenvalue weighted by molar-refractivity contribution is 5.94. The number of carbonyl (C=O) groups is 1. The molecule has 26 heavy (non-hydrogen) atoms. The quantitative estimate of drug-likeness (QED) is 0.745. The molecule has 0 aliphatic carbocycles. The number of hydrogen-bond donors (Lipinski definition) is 1. The van der Waals surface area contributed by atoms with Gasteiger partial charge in [0.1, 0.15) is 12.4 Å². The van der Waals surface area contributed by atoms with Crippen molar-refractivity contribution in [3.8, 4) is 17.2 Å². The number of nitrogens with one attached hydrogen (secondary N) is 1. The van der Waals surface area contributed by atoms with Gasteiger partial charge in [-0.1, -0.05) is 12.1 Å². The lowest BCUT2D eigenvalue weighted by Crippen LogP contribution is -2.35. The van der Waals surface area contributed by atoms with Gasteiger partial charge in [0, 0.05) is 24.3 Å². The lowest BCUT2D eigenvalue weighted by molar-refractivity contribution is 0.0905. The van der Waals surface area contributed by atoms with Crippen LogP contribution >= 0.6 is 0 Å².